The van der Waals surface area contributed by atoms with Crippen molar-refractivity contribution in [2.75, 3.05) is 26.2 Å². The van der Waals surface area contributed by atoms with Crippen LogP contribution in [-0.2, 0) is 18.3 Å². The predicted octanol–water partition coefficient (Wildman–Crippen LogP) is -1.16. The summed E-state index contributed by atoms with van der Waals surface area (Å²) in [7, 11) is -23.0. The molecule has 0 aromatic carbocycles. The van der Waals surface area contributed by atoms with Gasteiger partial charge in [0.15, 0.2) is 0 Å². The maximum absolute atomic E-state index is 11.8. The summed E-state index contributed by atoms with van der Waals surface area (Å²) < 4.78 is 45.5. The molecule has 11 N–H and O–H groups in total. The Balaban J connectivity index is 0. The minimum Gasteiger partial charge on any atom is -0.395 e. The normalized spacial score (nSPS) is 14.1. The van der Waals surface area contributed by atoms with Gasteiger partial charge in [0, 0.05) is 6.54 Å². The quantitative estimate of drug-likeness (QED) is 0.116. The Morgan fingerprint density at radius 1 is 0.690 bits per heavy atom. The molecule has 0 radical (unpaired) electrons. The molecule has 0 saturated heterocycles. The topological polar surface area (TPSA) is 276 Å². The van der Waals surface area contributed by atoms with Crippen molar-refractivity contribution in [1.82, 2.24) is 0 Å². The van der Waals surface area contributed by atoms with Gasteiger partial charge in [-0.3, -0.25) is 22.7 Å². The van der Waals surface area contributed by atoms with Crippen LogP contribution in [0, 0.1) is 0 Å². The average molecular weight is 511 g/mol. The molecule has 29 heavy (non-hydrogen) atoms. The van der Waals surface area contributed by atoms with Crippen molar-refractivity contribution in [2.24, 2.45) is 5.73 Å². The first-order chi connectivity index (χ1) is 12.8. The zero-order chi connectivity index (χ0) is 23.9. The second kappa shape index (κ2) is 11.9. The van der Waals surface area contributed by atoms with Crippen LogP contribution in [0.25, 0.3) is 0 Å². The van der Waals surface area contributed by atoms with Gasteiger partial charge in [-0.15, -0.1) is 0 Å². The molecule has 0 spiro atoms. The van der Waals surface area contributed by atoms with Crippen LogP contribution in [0.2, 0.25) is 0 Å². The molecule has 178 valence electrons. The first-order valence-electron chi connectivity index (χ1n) is 8.15. The van der Waals surface area contributed by atoms with E-state index >= 15 is 0 Å². The van der Waals surface area contributed by atoms with Gasteiger partial charge in [-0.05, 0) is 12.8 Å². The number of nitrogens with zero attached hydrogens (tertiary/aromatic N) is 1. The van der Waals surface area contributed by atoms with Crippen LogP contribution in [0.3, 0.4) is 0 Å². The number of hydrogen-bond donors (Lipinski definition) is 10. The van der Waals surface area contributed by atoms with Crippen molar-refractivity contribution in [3.05, 3.63) is 0 Å². The van der Waals surface area contributed by atoms with Crippen molar-refractivity contribution in [2.45, 2.75) is 37.7 Å². The highest BCUT2D eigenvalue weighted by molar-refractivity contribution is 7.72. The Morgan fingerprint density at radius 3 is 1.00 bits per heavy atom. The highest BCUT2D eigenvalue weighted by atomic mass is 31.2. The van der Waals surface area contributed by atoms with E-state index in [1.54, 1.807) is 0 Å². The molecule has 0 atom stereocenters. The van der Waals surface area contributed by atoms with Gasteiger partial charge >= 0.3 is 30.4 Å². The molecule has 0 saturated carbocycles. The summed E-state index contributed by atoms with van der Waals surface area (Å²) in [6.07, 6.45) is -0.236. The zero-order valence-electron chi connectivity index (χ0n) is 15.9. The number of hydrogen-bond acceptors (Lipinski definition) is 6. The van der Waals surface area contributed by atoms with Crippen molar-refractivity contribution in [3.8, 4) is 0 Å². The fourth-order valence-corrected chi connectivity index (χ4v) is 10.5. The zero-order valence-corrected chi connectivity index (χ0v) is 19.4. The second-order valence-corrected chi connectivity index (χ2v) is 13.6. The van der Waals surface area contributed by atoms with E-state index in [0.717, 1.165) is 0 Å². The molecular formula is C10H31N2O13P4+. The highest BCUT2D eigenvalue weighted by Gasteiger charge is 2.68. The molecule has 0 unspecified atom stereocenters. The Kier molecular flexibility index (Phi) is 13.0. The smallest absolute Gasteiger partial charge is 0.395 e. The fourth-order valence-electron chi connectivity index (χ4n) is 3.12. The van der Waals surface area contributed by atoms with Crippen LogP contribution in [0.4, 0.5) is 0 Å². The molecule has 0 aliphatic carbocycles. The van der Waals surface area contributed by atoms with Gasteiger partial charge in [0.2, 0.25) is 0 Å². The van der Waals surface area contributed by atoms with Crippen molar-refractivity contribution in [1.29, 1.82) is 0 Å². The van der Waals surface area contributed by atoms with Gasteiger partial charge in [0.05, 0.1) is 19.7 Å². The molecule has 0 rings (SSSR count). The first-order valence-corrected chi connectivity index (χ1v) is 14.9. The van der Waals surface area contributed by atoms with E-state index in [4.69, 9.17) is 10.8 Å². The summed E-state index contributed by atoms with van der Waals surface area (Å²) in [5, 5.41) is 7.75. The fraction of sp³-hybridized carbons (Fsp3) is 1.00. The molecule has 0 aromatic rings. The van der Waals surface area contributed by atoms with Gasteiger partial charge in [0.1, 0.15) is 0 Å². The van der Waals surface area contributed by atoms with Gasteiger partial charge in [-0.1, -0.05) is 13.8 Å². The number of aliphatic hydroxyl groups is 1. The maximum atomic E-state index is 11.8. The third-order valence-electron chi connectivity index (χ3n) is 3.53. The average Bonchev–Trinajstić information content (AvgIpc) is 2.41. The Bertz CT molecular complexity index is 577. The lowest BCUT2D eigenvalue weighted by molar-refractivity contribution is -0.930. The minimum absolute atomic E-state index is 0.0972. The highest BCUT2D eigenvalue weighted by Crippen LogP contribution is 2.72. The second-order valence-electron chi connectivity index (χ2n) is 6.11. The third kappa shape index (κ3) is 9.65. The van der Waals surface area contributed by atoms with Gasteiger partial charge in [-0.2, -0.15) is 0 Å². The molecule has 19 heteroatoms. The van der Waals surface area contributed by atoms with Crippen LogP contribution in [0.15, 0.2) is 0 Å². The lowest BCUT2D eigenvalue weighted by Gasteiger charge is -2.48. The largest absolute Gasteiger partial charge is 0.395 e. The maximum Gasteiger partial charge on any atom is 0.395 e. The Hall–Kier alpha value is 0.480. The number of nitrogens with two attached hydrogens (primary N) is 1. The molecule has 0 heterocycles. The summed E-state index contributed by atoms with van der Waals surface area (Å²) in [6.45, 7) is 1.84. The van der Waals surface area contributed by atoms with Crippen LogP contribution >= 0.6 is 30.4 Å². The molecular weight excluding hydrogens is 480 g/mol. The van der Waals surface area contributed by atoms with Gasteiger partial charge in [0.25, 0.3) is 11.0 Å². The lowest BCUT2D eigenvalue weighted by atomic mass is 10.3. The van der Waals surface area contributed by atoms with E-state index in [9.17, 15) is 57.4 Å². The van der Waals surface area contributed by atoms with Crippen molar-refractivity contribution >= 4 is 30.4 Å². The molecule has 0 aliphatic rings. The summed E-state index contributed by atoms with van der Waals surface area (Å²) in [6, 6.07) is 0. The molecule has 0 amide bonds. The summed E-state index contributed by atoms with van der Waals surface area (Å²) >= 11 is 0. The van der Waals surface area contributed by atoms with Crippen molar-refractivity contribution in [3.63, 3.8) is 0 Å². The number of quaternary nitrogens is 1. The van der Waals surface area contributed by atoms with Crippen LogP contribution in [0.5, 0.6) is 0 Å². The number of aliphatic hydroxyl groups excluding tert-OH is 1. The standard InChI is InChI=1S/C8H23NO12P4.C2H7NO/c1-3-5-9(6-4-2,7(22(10,11)12)23(13,14)15)8(24(16,17)18)25(19,20)21;3-1-2-4/h7-8H,3-6H2,1-2H3,(H7-,10,11,12,13,14,15,16,17,18,19,20,21);4H,1-3H2/p+1. The molecule has 0 aromatic heterocycles. The van der Waals surface area contributed by atoms with Crippen LogP contribution in [-0.4, -0.2) is 86.0 Å². The summed E-state index contributed by atoms with van der Waals surface area (Å²) in [5.74, 6) is 0. The monoisotopic (exact) mass is 511 g/mol. The predicted molar refractivity (Wildman–Crippen MR) is 102 cm³/mol. The number of rotatable bonds is 11. The molecule has 0 bridgehead atoms. The minimum atomic E-state index is -5.75. The SMILES string of the molecule is CCC[N+](CCC)(C(P(=O)(O)O)P(=O)(O)O)C(P(=O)(O)O)P(=O)(O)O.NCCO. The van der Waals surface area contributed by atoms with Crippen molar-refractivity contribution < 1.29 is 67.0 Å². The van der Waals surface area contributed by atoms with E-state index in [1.165, 1.54) is 13.8 Å². The van der Waals surface area contributed by atoms with Crippen LogP contribution in [0.1, 0.15) is 26.7 Å². The third-order valence-corrected chi connectivity index (χ3v) is 11.4. The summed E-state index contributed by atoms with van der Waals surface area (Å²) in [5.41, 5.74) is -1.27. The van der Waals surface area contributed by atoms with E-state index in [2.05, 4.69) is 0 Å². The van der Waals surface area contributed by atoms with Crippen LogP contribution < -0.4 is 5.73 Å². The van der Waals surface area contributed by atoms with E-state index < -0.39 is 59.0 Å². The van der Waals surface area contributed by atoms with E-state index in [0.29, 0.717) is 6.54 Å². The Labute approximate surface area is 167 Å². The molecule has 15 nitrogen and oxygen atoms in total. The van der Waals surface area contributed by atoms with Gasteiger partial charge < -0.3 is 50.0 Å². The van der Waals surface area contributed by atoms with Gasteiger partial charge in [-0.25, -0.2) is 0 Å². The summed E-state index contributed by atoms with van der Waals surface area (Å²) in [4.78, 5) is 75.8. The molecule has 0 aliphatic heterocycles. The lowest BCUT2D eigenvalue weighted by Crippen LogP contribution is -2.61. The Morgan fingerprint density at radius 2 is 0.897 bits per heavy atom. The molecule has 0 fully saturated rings. The first kappa shape index (κ1) is 31.7. The van der Waals surface area contributed by atoms with E-state index in [-0.39, 0.29) is 19.4 Å². The van der Waals surface area contributed by atoms with E-state index in [1.807, 2.05) is 0 Å².